The van der Waals surface area contributed by atoms with E-state index in [2.05, 4.69) is 20.7 Å². The number of unbranched alkanes of at least 4 members (excludes halogenated alkanes) is 2. The van der Waals surface area contributed by atoms with Gasteiger partial charge in [-0.1, -0.05) is 22.4 Å². The van der Waals surface area contributed by atoms with Gasteiger partial charge < -0.3 is 4.74 Å². The second kappa shape index (κ2) is 15.3. The van der Waals surface area contributed by atoms with Crippen LogP contribution >= 0.6 is 15.9 Å². The molecule has 0 aliphatic heterocycles. The zero-order valence-electron chi connectivity index (χ0n) is 24.5. The van der Waals surface area contributed by atoms with E-state index in [4.69, 9.17) is 0 Å². The summed E-state index contributed by atoms with van der Waals surface area (Å²) in [5.41, 5.74) is 0. The Morgan fingerprint density at radius 1 is 0.423 bits per heavy atom. The second-order valence-electron chi connectivity index (χ2n) is 10.7. The van der Waals surface area contributed by atoms with Crippen molar-refractivity contribution < 1.29 is 124 Å². The summed E-state index contributed by atoms with van der Waals surface area (Å²) in [6, 6.07) is 0. The predicted octanol–water partition coefficient (Wildman–Crippen LogP) is 11.9. The van der Waals surface area contributed by atoms with Gasteiger partial charge >= 0.3 is 77.5 Å². The van der Waals surface area contributed by atoms with Gasteiger partial charge in [0.15, 0.2) is 0 Å². The number of ether oxygens (including phenoxy) is 1. The van der Waals surface area contributed by atoms with Crippen LogP contribution in [0.3, 0.4) is 0 Å². The average molecular weight is 901 g/mol. The number of carbonyl (C=O) groups is 1. The van der Waals surface area contributed by atoms with E-state index >= 15 is 0 Å². The Balaban J connectivity index is 6.66. The van der Waals surface area contributed by atoms with Crippen molar-refractivity contribution in [2.45, 2.75) is 129 Å². The molecular weight excluding hydrogens is 882 g/mol. The lowest BCUT2D eigenvalue weighted by Crippen LogP contribution is -2.70. The molecule has 0 spiro atoms. The fraction of sp³-hybridized carbons (Fsp3) is 0.957. The van der Waals surface area contributed by atoms with E-state index in [0.29, 0.717) is 0 Å². The summed E-state index contributed by atoms with van der Waals surface area (Å²) in [5.74, 6) is -81.8. The minimum absolute atomic E-state index is 0.0251. The van der Waals surface area contributed by atoms with Crippen molar-refractivity contribution in [3.63, 3.8) is 0 Å². The average Bonchev–Trinajstić information content (AvgIpc) is 2.94. The van der Waals surface area contributed by atoms with E-state index in [1.165, 1.54) is 0 Å². The van der Waals surface area contributed by atoms with Gasteiger partial charge in [0.05, 0.1) is 0 Å². The van der Waals surface area contributed by atoms with Crippen molar-refractivity contribution in [3.8, 4) is 0 Å². The fourth-order valence-electron chi connectivity index (χ4n) is 3.65. The van der Waals surface area contributed by atoms with Crippen molar-refractivity contribution >= 4 is 21.9 Å². The van der Waals surface area contributed by atoms with Crippen LogP contribution in [0.5, 0.6) is 0 Å². The molecule has 0 aromatic heterocycles. The largest absolute Gasteiger partial charge is 0.462 e. The Morgan fingerprint density at radius 2 is 0.712 bits per heavy atom. The van der Waals surface area contributed by atoms with E-state index in [-0.39, 0.29) is 24.6 Å². The van der Waals surface area contributed by atoms with E-state index in [1.807, 2.05) is 0 Å². The molecule has 0 aromatic carbocycles. The molecule has 0 fully saturated rings. The summed E-state index contributed by atoms with van der Waals surface area (Å²) in [6.07, 6.45) is -31.6. The first kappa shape index (κ1) is 50.1. The van der Waals surface area contributed by atoms with E-state index in [9.17, 15) is 119 Å². The topological polar surface area (TPSA) is 26.3 Å². The highest BCUT2D eigenvalue weighted by Crippen LogP contribution is 2.62. The smallest absolute Gasteiger partial charge is 0.460 e. The summed E-state index contributed by atoms with van der Waals surface area (Å²) in [4.78, 5) is 11.9. The Hall–Kier alpha value is -1.87. The number of hydrogen-bond donors (Lipinski definition) is 0. The molecule has 29 heteroatoms. The lowest BCUT2D eigenvalue weighted by atomic mass is 9.89. The molecule has 52 heavy (non-hydrogen) atoms. The van der Waals surface area contributed by atoms with Crippen molar-refractivity contribution in [1.82, 2.24) is 0 Å². The van der Waals surface area contributed by atoms with Gasteiger partial charge in [0, 0.05) is 24.6 Å². The molecule has 0 saturated heterocycles. The van der Waals surface area contributed by atoms with Crippen LogP contribution in [-0.2, 0) is 9.53 Å². The fourth-order valence-corrected chi connectivity index (χ4v) is 4.05. The molecule has 312 valence electrons. The first-order chi connectivity index (χ1) is 22.5. The van der Waals surface area contributed by atoms with Crippen molar-refractivity contribution in [1.29, 1.82) is 0 Å². The SMILES string of the molecule is O=C(CCCCCBr)OC(CCC(F)(F)C(F)(F)C(F)(F)C(F)(F)C(F)(F)C(F)(F)F)CCC(F)(F)C(F)(F)C(F)(F)C(F)(F)C(F)(F)C(F)(F)F. The summed E-state index contributed by atoms with van der Waals surface area (Å²) >= 11 is 2.88. The minimum atomic E-state index is -8.41. The Bertz CT molecular complexity index is 1110. The molecule has 0 aromatic rings. The van der Waals surface area contributed by atoms with Gasteiger partial charge in [-0.25, -0.2) is 0 Å². The number of rotatable bonds is 20. The lowest BCUT2D eigenvalue weighted by molar-refractivity contribution is -0.440. The molecule has 0 heterocycles. The summed E-state index contributed by atoms with van der Waals surface area (Å²) in [6.45, 7) is 0. The molecule has 0 radical (unpaired) electrons. The number of hydrogen-bond acceptors (Lipinski definition) is 2. The molecule has 0 unspecified atom stereocenters. The first-order valence-electron chi connectivity index (χ1n) is 13.2. The number of alkyl halides is 27. The van der Waals surface area contributed by atoms with Crippen LogP contribution in [0.15, 0.2) is 0 Å². The minimum Gasteiger partial charge on any atom is -0.462 e. The van der Waals surface area contributed by atoms with E-state index < -0.39 is 116 Å². The highest BCUT2D eigenvalue weighted by Gasteiger charge is 2.92. The van der Waals surface area contributed by atoms with Gasteiger partial charge in [-0.2, -0.15) is 114 Å². The third kappa shape index (κ3) is 8.81. The van der Waals surface area contributed by atoms with Crippen LogP contribution < -0.4 is 0 Å². The van der Waals surface area contributed by atoms with Crippen LogP contribution in [0.25, 0.3) is 0 Å². The zero-order valence-corrected chi connectivity index (χ0v) is 26.0. The zero-order chi connectivity index (χ0) is 42.2. The van der Waals surface area contributed by atoms with Gasteiger partial charge in [-0.15, -0.1) is 0 Å². The number of halogens is 27. The molecule has 0 N–H and O–H groups in total. The summed E-state index contributed by atoms with van der Waals surface area (Å²) in [5, 5.41) is 0.231. The van der Waals surface area contributed by atoms with E-state index in [0.717, 1.165) is 0 Å². The van der Waals surface area contributed by atoms with Crippen molar-refractivity contribution in [2.24, 2.45) is 0 Å². The quantitative estimate of drug-likeness (QED) is 0.0527. The molecular formula is C23H19BrF26O2. The van der Waals surface area contributed by atoms with E-state index in [1.54, 1.807) is 0 Å². The van der Waals surface area contributed by atoms with Crippen molar-refractivity contribution in [2.75, 3.05) is 5.33 Å². The molecule has 0 aliphatic carbocycles. The Kier molecular flexibility index (Phi) is 14.8. The molecule has 0 bridgehead atoms. The maximum atomic E-state index is 14.2. The molecule has 0 rings (SSSR count). The summed E-state index contributed by atoms with van der Waals surface area (Å²) in [7, 11) is 0. The van der Waals surface area contributed by atoms with Gasteiger partial charge in [-0.05, 0) is 25.7 Å². The molecule has 0 aliphatic rings. The van der Waals surface area contributed by atoms with Gasteiger partial charge in [-0.3, -0.25) is 4.79 Å². The first-order valence-corrected chi connectivity index (χ1v) is 14.3. The standard InChI is InChI=1S/C23H19BrF26O2/c24-9-3-1-2-4-11(51)52-10(5-7-12(25,26)14(29,30)16(33,34)18(37,38)20(41,42)22(45,46)47)6-8-13(27,28)15(31,32)17(35,36)19(39,40)21(43,44)23(48,49)50/h10H,1-9H2. The number of esters is 1. The normalized spacial score (nSPS) is 15.8. The van der Waals surface area contributed by atoms with Gasteiger partial charge in [0.25, 0.3) is 0 Å². The van der Waals surface area contributed by atoms with Crippen LogP contribution in [0.2, 0.25) is 0 Å². The molecule has 0 amide bonds. The molecule has 0 atom stereocenters. The van der Waals surface area contributed by atoms with Crippen LogP contribution in [-0.4, -0.2) is 89.0 Å². The van der Waals surface area contributed by atoms with Crippen LogP contribution in [0.4, 0.5) is 114 Å². The van der Waals surface area contributed by atoms with Crippen LogP contribution in [0, 0.1) is 0 Å². The highest BCUT2D eigenvalue weighted by atomic mass is 79.9. The summed E-state index contributed by atoms with van der Waals surface area (Å²) < 4.78 is 351. The monoisotopic (exact) mass is 900 g/mol. The third-order valence-electron chi connectivity index (χ3n) is 6.87. The highest BCUT2D eigenvalue weighted by molar-refractivity contribution is 9.09. The Labute approximate surface area is 280 Å². The van der Waals surface area contributed by atoms with Crippen molar-refractivity contribution in [3.05, 3.63) is 0 Å². The maximum absolute atomic E-state index is 14.2. The second-order valence-corrected chi connectivity index (χ2v) is 11.5. The third-order valence-corrected chi connectivity index (χ3v) is 7.43. The Morgan fingerprint density at radius 3 is 0.981 bits per heavy atom. The predicted molar refractivity (Wildman–Crippen MR) is 122 cm³/mol. The van der Waals surface area contributed by atoms with Gasteiger partial charge in [0.1, 0.15) is 6.10 Å². The molecule has 0 saturated carbocycles. The lowest BCUT2D eigenvalue weighted by Gasteiger charge is -2.40. The number of carbonyl (C=O) groups excluding carboxylic acids is 1. The van der Waals surface area contributed by atoms with Crippen LogP contribution in [0.1, 0.15) is 51.4 Å². The molecule has 2 nitrogen and oxygen atoms in total. The van der Waals surface area contributed by atoms with Gasteiger partial charge in [0.2, 0.25) is 0 Å². The maximum Gasteiger partial charge on any atom is 0.460 e.